The molecule has 0 saturated carbocycles. The van der Waals surface area contributed by atoms with E-state index in [1.165, 1.54) is 16.8 Å². The number of rotatable bonds is 5. The molecule has 0 radical (unpaired) electrons. The van der Waals surface area contributed by atoms with E-state index in [2.05, 4.69) is 5.10 Å². The Labute approximate surface area is 130 Å². The zero-order chi connectivity index (χ0) is 16.1. The molecule has 2 rings (SSSR count). The van der Waals surface area contributed by atoms with Crippen molar-refractivity contribution in [2.75, 3.05) is 7.05 Å². The molecule has 0 aliphatic rings. The van der Waals surface area contributed by atoms with Gasteiger partial charge in [0.15, 0.2) is 0 Å². The van der Waals surface area contributed by atoms with Crippen LogP contribution >= 0.6 is 0 Å². The van der Waals surface area contributed by atoms with Crippen LogP contribution in [0.1, 0.15) is 29.9 Å². The van der Waals surface area contributed by atoms with Crippen molar-refractivity contribution in [1.29, 1.82) is 0 Å². The summed E-state index contributed by atoms with van der Waals surface area (Å²) >= 11 is 0. The van der Waals surface area contributed by atoms with E-state index in [4.69, 9.17) is 0 Å². The van der Waals surface area contributed by atoms with Gasteiger partial charge in [-0.25, -0.2) is 4.68 Å². The molecule has 0 fully saturated rings. The van der Waals surface area contributed by atoms with Crippen molar-refractivity contribution in [2.45, 2.75) is 26.9 Å². The van der Waals surface area contributed by atoms with Crippen LogP contribution in [0.15, 0.2) is 47.3 Å². The van der Waals surface area contributed by atoms with Crippen LogP contribution < -0.4 is 5.56 Å². The molecule has 5 heteroatoms. The van der Waals surface area contributed by atoms with Gasteiger partial charge in [-0.15, -0.1) is 0 Å². The van der Waals surface area contributed by atoms with Crippen LogP contribution in [-0.4, -0.2) is 27.6 Å². The molecule has 1 aromatic carbocycles. The smallest absolute Gasteiger partial charge is 0.274 e. The Bertz CT molecular complexity index is 693. The van der Waals surface area contributed by atoms with E-state index in [9.17, 15) is 9.59 Å². The van der Waals surface area contributed by atoms with E-state index in [1.54, 1.807) is 11.9 Å². The molecule has 0 atom stereocenters. The summed E-state index contributed by atoms with van der Waals surface area (Å²) in [6.45, 7) is 5.02. The summed E-state index contributed by atoms with van der Waals surface area (Å²) in [6.07, 6.45) is 0. The third-order valence-electron chi connectivity index (χ3n) is 3.23. The Balaban J connectivity index is 2.16. The van der Waals surface area contributed by atoms with Gasteiger partial charge in [-0.05, 0) is 17.5 Å². The quantitative estimate of drug-likeness (QED) is 0.850. The van der Waals surface area contributed by atoms with Gasteiger partial charge in [0.05, 0.1) is 0 Å². The van der Waals surface area contributed by atoms with Crippen molar-refractivity contribution in [3.63, 3.8) is 0 Å². The van der Waals surface area contributed by atoms with Gasteiger partial charge in [0.25, 0.3) is 11.5 Å². The summed E-state index contributed by atoms with van der Waals surface area (Å²) in [7, 11) is 1.73. The summed E-state index contributed by atoms with van der Waals surface area (Å²) in [6, 6.07) is 12.6. The van der Waals surface area contributed by atoms with Gasteiger partial charge in [-0.2, -0.15) is 5.10 Å². The lowest BCUT2D eigenvalue weighted by Gasteiger charge is -2.17. The largest absolute Gasteiger partial charge is 0.336 e. The molecule has 0 spiro atoms. The molecule has 22 heavy (non-hydrogen) atoms. The molecule has 5 nitrogen and oxygen atoms in total. The molecule has 0 N–H and O–H groups in total. The molecule has 0 aliphatic heterocycles. The highest BCUT2D eigenvalue weighted by Gasteiger charge is 2.15. The van der Waals surface area contributed by atoms with Crippen LogP contribution in [0.2, 0.25) is 0 Å². The van der Waals surface area contributed by atoms with Crippen LogP contribution in [0.25, 0.3) is 0 Å². The first kappa shape index (κ1) is 15.9. The third kappa shape index (κ3) is 4.04. The van der Waals surface area contributed by atoms with Gasteiger partial charge in [0.2, 0.25) is 0 Å². The molecular formula is C17H21N3O2. The first-order valence-corrected chi connectivity index (χ1v) is 7.35. The van der Waals surface area contributed by atoms with E-state index >= 15 is 0 Å². The number of benzene rings is 1. The average molecular weight is 299 g/mol. The lowest BCUT2D eigenvalue weighted by molar-refractivity contribution is 0.0776. The van der Waals surface area contributed by atoms with E-state index in [0.29, 0.717) is 18.8 Å². The molecule has 1 aromatic heterocycles. The minimum absolute atomic E-state index is 0.184. The minimum Gasteiger partial charge on any atom is -0.336 e. The zero-order valence-corrected chi connectivity index (χ0v) is 13.2. The van der Waals surface area contributed by atoms with Crippen molar-refractivity contribution in [3.8, 4) is 0 Å². The van der Waals surface area contributed by atoms with Crippen molar-refractivity contribution >= 4 is 5.91 Å². The van der Waals surface area contributed by atoms with Crippen molar-refractivity contribution in [1.82, 2.24) is 14.7 Å². The maximum absolute atomic E-state index is 12.4. The number of amides is 1. The summed E-state index contributed by atoms with van der Waals surface area (Å²) < 4.78 is 1.36. The predicted octanol–water partition coefficient (Wildman–Crippen LogP) is 2.17. The highest BCUT2D eigenvalue weighted by molar-refractivity contribution is 5.91. The van der Waals surface area contributed by atoms with Crippen LogP contribution in [0.4, 0.5) is 0 Å². The molecule has 2 aromatic rings. The first-order chi connectivity index (χ1) is 10.5. The van der Waals surface area contributed by atoms with E-state index in [1.807, 2.05) is 44.2 Å². The van der Waals surface area contributed by atoms with Crippen LogP contribution in [0, 0.1) is 5.92 Å². The number of nitrogens with zero attached hydrogens (tertiary/aromatic N) is 3. The molecule has 0 unspecified atom stereocenters. The standard InChI is InChI=1S/C17H21N3O2/c1-13(2)11-20-16(21)10-9-15(18-20)17(22)19(3)12-14-7-5-4-6-8-14/h4-10,13H,11-12H2,1-3H3. The van der Waals surface area contributed by atoms with Crippen molar-refractivity contribution in [2.24, 2.45) is 5.92 Å². The van der Waals surface area contributed by atoms with Gasteiger partial charge in [-0.1, -0.05) is 44.2 Å². The Kier molecular flexibility index (Phi) is 5.09. The second kappa shape index (κ2) is 7.02. The monoisotopic (exact) mass is 299 g/mol. The van der Waals surface area contributed by atoms with Crippen molar-refractivity contribution in [3.05, 3.63) is 64.1 Å². The molecule has 1 amide bonds. The maximum atomic E-state index is 12.4. The number of carbonyl (C=O) groups excluding carboxylic acids is 1. The van der Waals surface area contributed by atoms with E-state index in [-0.39, 0.29) is 17.4 Å². The molecule has 0 bridgehead atoms. The average Bonchev–Trinajstić information content (AvgIpc) is 2.49. The SMILES string of the molecule is CC(C)Cn1nc(C(=O)N(C)Cc2ccccc2)ccc1=O. The second-order valence-corrected chi connectivity index (χ2v) is 5.78. The van der Waals surface area contributed by atoms with Gasteiger partial charge in [-0.3, -0.25) is 9.59 Å². The number of carbonyl (C=O) groups is 1. The fraction of sp³-hybridized carbons (Fsp3) is 0.353. The van der Waals surface area contributed by atoms with Crippen LogP contribution in [0.5, 0.6) is 0 Å². The lowest BCUT2D eigenvalue weighted by Crippen LogP contribution is -2.31. The molecule has 0 saturated heterocycles. The minimum atomic E-state index is -0.193. The van der Waals surface area contributed by atoms with Crippen molar-refractivity contribution < 1.29 is 4.79 Å². The Morgan fingerprint density at radius 3 is 2.50 bits per heavy atom. The first-order valence-electron chi connectivity index (χ1n) is 7.35. The van der Waals surface area contributed by atoms with Gasteiger partial charge in [0.1, 0.15) is 5.69 Å². The van der Waals surface area contributed by atoms with Crippen LogP contribution in [-0.2, 0) is 13.1 Å². The Hall–Kier alpha value is -2.43. The fourth-order valence-electron chi connectivity index (χ4n) is 2.16. The van der Waals surface area contributed by atoms with Gasteiger partial charge in [0, 0.05) is 26.2 Å². The predicted molar refractivity (Wildman–Crippen MR) is 85.6 cm³/mol. The summed E-state index contributed by atoms with van der Waals surface area (Å²) in [5.41, 5.74) is 1.16. The molecule has 0 aliphatic carbocycles. The second-order valence-electron chi connectivity index (χ2n) is 5.78. The summed E-state index contributed by atoms with van der Waals surface area (Å²) in [4.78, 5) is 25.8. The highest BCUT2D eigenvalue weighted by atomic mass is 16.2. The molecule has 1 heterocycles. The number of hydrogen-bond acceptors (Lipinski definition) is 3. The molecular weight excluding hydrogens is 278 g/mol. The Morgan fingerprint density at radius 1 is 1.18 bits per heavy atom. The third-order valence-corrected chi connectivity index (χ3v) is 3.23. The Morgan fingerprint density at radius 2 is 1.86 bits per heavy atom. The maximum Gasteiger partial charge on any atom is 0.274 e. The van der Waals surface area contributed by atoms with E-state index in [0.717, 1.165) is 5.56 Å². The highest BCUT2D eigenvalue weighted by Crippen LogP contribution is 2.06. The zero-order valence-electron chi connectivity index (χ0n) is 13.2. The van der Waals surface area contributed by atoms with E-state index < -0.39 is 0 Å². The van der Waals surface area contributed by atoms with Crippen LogP contribution in [0.3, 0.4) is 0 Å². The topological polar surface area (TPSA) is 55.2 Å². The lowest BCUT2D eigenvalue weighted by atomic mass is 10.2. The van der Waals surface area contributed by atoms with Gasteiger partial charge < -0.3 is 4.90 Å². The number of hydrogen-bond donors (Lipinski definition) is 0. The fourth-order valence-corrected chi connectivity index (χ4v) is 2.16. The normalized spacial score (nSPS) is 10.7. The summed E-state index contributed by atoms with van der Waals surface area (Å²) in [5.74, 6) is 0.0963. The van der Waals surface area contributed by atoms with Gasteiger partial charge >= 0.3 is 0 Å². The molecule has 116 valence electrons. The number of aromatic nitrogens is 2. The summed E-state index contributed by atoms with van der Waals surface area (Å²) in [5, 5.41) is 4.19.